The van der Waals surface area contributed by atoms with Gasteiger partial charge in [-0.05, 0) is 42.8 Å². The molecule has 3 aromatic rings. The van der Waals surface area contributed by atoms with Gasteiger partial charge >= 0.3 is 12.3 Å². The lowest BCUT2D eigenvalue weighted by Gasteiger charge is -2.11. The Balaban J connectivity index is 1.54. The number of nitrogens with zero attached hydrogens (tertiary/aromatic N) is 3. The van der Waals surface area contributed by atoms with E-state index in [0.717, 1.165) is 12.1 Å². The van der Waals surface area contributed by atoms with Crippen molar-refractivity contribution in [3.05, 3.63) is 60.0 Å². The van der Waals surface area contributed by atoms with Crippen molar-refractivity contribution in [3.63, 3.8) is 0 Å². The lowest BCUT2D eigenvalue weighted by molar-refractivity contribution is -0.137. The second-order valence-electron chi connectivity index (χ2n) is 6.91. The van der Waals surface area contributed by atoms with Crippen LogP contribution < -0.4 is 5.32 Å². The summed E-state index contributed by atoms with van der Waals surface area (Å²) in [4.78, 5) is 12.4. The normalized spacial score (nSPS) is 16.6. The standard InChI is InChI=1S/C20H17F3N4O3/c21-20(22,23)13-5-7-14(8-6-13)24-16-4-2-1-3-15(16)18-26-25-17(30-18)12-9-10-27(11-12)19(28)29/h1-8,12,24H,9-11H2,(H,28,29). The van der Waals surface area contributed by atoms with Crippen molar-refractivity contribution in [2.24, 2.45) is 0 Å². The summed E-state index contributed by atoms with van der Waals surface area (Å²) < 4.78 is 44.0. The molecule has 1 aliphatic rings. The molecule has 1 unspecified atom stereocenters. The van der Waals surface area contributed by atoms with Crippen molar-refractivity contribution in [1.82, 2.24) is 15.1 Å². The summed E-state index contributed by atoms with van der Waals surface area (Å²) in [7, 11) is 0. The van der Waals surface area contributed by atoms with Crippen LogP contribution in [0.25, 0.3) is 11.5 Å². The molecule has 7 nitrogen and oxygen atoms in total. The predicted molar refractivity (Wildman–Crippen MR) is 101 cm³/mol. The highest BCUT2D eigenvalue weighted by Gasteiger charge is 2.31. The molecule has 1 aromatic heterocycles. The number of aromatic nitrogens is 2. The maximum atomic E-state index is 12.7. The van der Waals surface area contributed by atoms with Gasteiger partial charge in [0.15, 0.2) is 0 Å². The molecule has 2 heterocycles. The van der Waals surface area contributed by atoms with E-state index in [1.165, 1.54) is 17.0 Å². The Hall–Kier alpha value is -3.56. The molecule has 4 rings (SSSR count). The van der Waals surface area contributed by atoms with Crippen molar-refractivity contribution in [2.75, 3.05) is 18.4 Å². The molecule has 30 heavy (non-hydrogen) atoms. The first kappa shape index (κ1) is 19.7. The highest BCUT2D eigenvalue weighted by atomic mass is 19.4. The maximum absolute atomic E-state index is 12.7. The molecule has 0 saturated carbocycles. The van der Waals surface area contributed by atoms with Crippen LogP contribution in [0.15, 0.2) is 52.9 Å². The van der Waals surface area contributed by atoms with E-state index in [9.17, 15) is 18.0 Å². The van der Waals surface area contributed by atoms with Crippen LogP contribution in [0.2, 0.25) is 0 Å². The summed E-state index contributed by atoms with van der Waals surface area (Å²) in [5, 5.41) is 20.3. The highest BCUT2D eigenvalue weighted by molar-refractivity contribution is 5.76. The number of hydrogen-bond acceptors (Lipinski definition) is 5. The Labute approximate surface area is 169 Å². The van der Waals surface area contributed by atoms with Crippen molar-refractivity contribution in [1.29, 1.82) is 0 Å². The minimum atomic E-state index is -4.40. The smallest absolute Gasteiger partial charge is 0.416 e. The number of likely N-dealkylation sites (tertiary alicyclic amines) is 1. The van der Waals surface area contributed by atoms with E-state index in [1.54, 1.807) is 24.3 Å². The van der Waals surface area contributed by atoms with Crippen LogP contribution in [0.5, 0.6) is 0 Å². The summed E-state index contributed by atoms with van der Waals surface area (Å²) >= 11 is 0. The first-order chi connectivity index (χ1) is 14.3. The van der Waals surface area contributed by atoms with Crippen LogP contribution in [0.1, 0.15) is 23.8 Å². The number of alkyl halides is 3. The number of benzene rings is 2. The summed E-state index contributed by atoms with van der Waals surface area (Å²) in [6.45, 7) is 0.701. The summed E-state index contributed by atoms with van der Waals surface area (Å²) in [5.41, 5.74) is 0.924. The molecule has 0 spiro atoms. The molecule has 0 radical (unpaired) electrons. The lowest BCUT2D eigenvalue weighted by Crippen LogP contribution is -2.26. The number of rotatable bonds is 4. The molecule has 1 saturated heterocycles. The van der Waals surface area contributed by atoms with Gasteiger partial charge in [0.25, 0.3) is 0 Å². The Kier molecular flexibility index (Phi) is 5.06. The Morgan fingerprint density at radius 3 is 2.53 bits per heavy atom. The van der Waals surface area contributed by atoms with Gasteiger partial charge in [-0.3, -0.25) is 0 Å². The Bertz CT molecular complexity index is 1050. The van der Waals surface area contributed by atoms with Crippen molar-refractivity contribution >= 4 is 17.5 Å². The van der Waals surface area contributed by atoms with Crippen LogP contribution in [0.3, 0.4) is 0 Å². The Morgan fingerprint density at radius 1 is 1.13 bits per heavy atom. The predicted octanol–water partition coefficient (Wildman–Crippen LogP) is 4.97. The van der Waals surface area contributed by atoms with E-state index in [2.05, 4.69) is 15.5 Å². The fraction of sp³-hybridized carbons (Fsp3) is 0.250. The quantitative estimate of drug-likeness (QED) is 0.622. The maximum Gasteiger partial charge on any atom is 0.416 e. The third-order valence-corrected chi connectivity index (χ3v) is 4.90. The van der Waals surface area contributed by atoms with Crippen LogP contribution in [0.4, 0.5) is 29.3 Å². The monoisotopic (exact) mass is 418 g/mol. The Morgan fingerprint density at radius 2 is 1.87 bits per heavy atom. The zero-order valence-corrected chi connectivity index (χ0v) is 15.6. The van der Waals surface area contributed by atoms with Gasteiger partial charge in [0.05, 0.1) is 22.7 Å². The highest BCUT2D eigenvalue weighted by Crippen LogP contribution is 2.34. The summed E-state index contributed by atoms with van der Waals surface area (Å²) in [5.74, 6) is 0.434. The van der Waals surface area contributed by atoms with Gasteiger partial charge in [-0.1, -0.05) is 12.1 Å². The van der Waals surface area contributed by atoms with Gasteiger partial charge < -0.3 is 19.7 Å². The molecule has 1 aliphatic heterocycles. The zero-order chi connectivity index (χ0) is 21.3. The summed E-state index contributed by atoms with van der Waals surface area (Å²) in [6.07, 6.45) is -4.78. The molecule has 10 heteroatoms. The van der Waals surface area contributed by atoms with E-state index in [4.69, 9.17) is 9.52 Å². The SMILES string of the molecule is O=C(O)N1CCC(c2nnc(-c3ccccc3Nc3ccc(C(F)(F)F)cc3)o2)C1. The molecule has 156 valence electrons. The first-order valence-corrected chi connectivity index (χ1v) is 9.16. The largest absolute Gasteiger partial charge is 0.465 e. The van der Waals surface area contributed by atoms with Gasteiger partial charge in [0.1, 0.15) is 0 Å². The zero-order valence-electron chi connectivity index (χ0n) is 15.6. The number of para-hydroxylation sites is 1. The molecule has 0 aliphatic carbocycles. The van der Waals surface area contributed by atoms with Gasteiger partial charge in [0.2, 0.25) is 11.8 Å². The minimum Gasteiger partial charge on any atom is -0.465 e. The molecule has 0 bridgehead atoms. The number of amides is 1. The van der Waals surface area contributed by atoms with Crippen molar-refractivity contribution in [3.8, 4) is 11.5 Å². The van der Waals surface area contributed by atoms with E-state index < -0.39 is 17.8 Å². The van der Waals surface area contributed by atoms with E-state index in [1.807, 2.05) is 0 Å². The number of nitrogens with one attached hydrogen (secondary N) is 1. The van der Waals surface area contributed by atoms with E-state index in [-0.39, 0.29) is 11.8 Å². The van der Waals surface area contributed by atoms with E-state index in [0.29, 0.717) is 42.3 Å². The number of halogens is 3. The van der Waals surface area contributed by atoms with Crippen LogP contribution in [0, 0.1) is 0 Å². The van der Waals surface area contributed by atoms with Gasteiger partial charge in [-0.15, -0.1) is 10.2 Å². The lowest BCUT2D eigenvalue weighted by atomic mass is 10.1. The van der Waals surface area contributed by atoms with Crippen LogP contribution in [-0.2, 0) is 6.18 Å². The molecular weight excluding hydrogens is 401 g/mol. The molecule has 2 N–H and O–H groups in total. The average Bonchev–Trinajstić information content (AvgIpc) is 3.38. The molecular formula is C20H17F3N4O3. The third kappa shape index (κ3) is 4.07. The topological polar surface area (TPSA) is 91.5 Å². The summed E-state index contributed by atoms with van der Waals surface area (Å²) in [6, 6.07) is 11.7. The fourth-order valence-corrected chi connectivity index (χ4v) is 3.32. The second kappa shape index (κ2) is 7.69. The van der Waals surface area contributed by atoms with Gasteiger partial charge in [-0.25, -0.2) is 4.79 Å². The second-order valence-corrected chi connectivity index (χ2v) is 6.91. The number of carboxylic acid groups (broad SMARTS) is 1. The first-order valence-electron chi connectivity index (χ1n) is 9.16. The third-order valence-electron chi connectivity index (χ3n) is 4.90. The molecule has 1 atom stereocenters. The van der Waals surface area contributed by atoms with Crippen LogP contribution in [-0.4, -0.2) is 39.4 Å². The number of carbonyl (C=O) groups is 1. The van der Waals surface area contributed by atoms with Crippen LogP contribution >= 0.6 is 0 Å². The van der Waals surface area contributed by atoms with Gasteiger partial charge in [-0.2, -0.15) is 13.2 Å². The average molecular weight is 418 g/mol. The fourth-order valence-electron chi connectivity index (χ4n) is 3.32. The van der Waals surface area contributed by atoms with E-state index >= 15 is 0 Å². The molecule has 2 aromatic carbocycles. The molecule has 1 amide bonds. The minimum absolute atomic E-state index is 0.169. The number of hydrogen-bond donors (Lipinski definition) is 2. The van der Waals surface area contributed by atoms with Gasteiger partial charge in [0, 0.05) is 18.8 Å². The van der Waals surface area contributed by atoms with Crippen molar-refractivity contribution in [2.45, 2.75) is 18.5 Å². The molecule has 1 fully saturated rings. The number of anilines is 2. The van der Waals surface area contributed by atoms with Crippen molar-refractivity contribution < 1.29 is 27.5 Å².